The van der Waals surface area contributed by atoms with Gasteiger partial charge in [-0.1, -0.05) is 0 Å². The predicted octanol–water partition coefficient (Wildman–Crippen LogP) is 1.71. The van der Waals surface area contributed by atoms with E-state index in [4.69, 9.17) is 0 Å². The summed E-state index contributed by atoms with van der Waals surface area (Å²) >= 11 is 1.03. The number of anilines is 1. The van der Waals surface area contributed by atoms with Crippen LogP contribution in [-0.2, 0) is 21.3 Å². The van der Waals surface area contributed by atoms with Gasteiger partial charge in [0.05, 0.1) is 19.3 Å². The Labute approximate surface area is 156 Å². The van der Waals surface area contributed by atoms with Crippen LogP contribution in [0, 0.1) is 6.92 Å². The highest BCUT2D eigenvalue weighted by Gasteiger charge is 2.25. The molecule has 1 saturated heterocycles. The van der Waals surface area contributed by atoms with E-state index in [0.717, 1.165) is 43.0 Å². The Hall–Kier alpha value is -2.04. The highest BCUT2D eigenvalue weighted by atomic mass is 32.2. The maximum atomic E-state index is 12.6. The molecule has 8 nitrogen and oxygen atoms in total. The first-order valence-corrected chi connectivity index (χ1v) is 10.5. The molecule has 10 heteroatoms. The maximum Gasteiger partial charge on any atom is 0.349 e. The van der Waals surface area contributed by atoms with Gasteiger partial charge < -0.3 is 9.64 Å². The van der Waals surface area contributed by atoms with Gasteiger partial charge in [-0.05, 0) is 37.3 Å². The summed E-state index contributed by atoms with van der Waals surface area (Å²) in [4.78, 5) is 22.7. The fourth-order valence-corrected chi connectivity index (χ4v) is 5.09. The Balaban J connectivity index is 1.78. The summed E-state index contributed by atoms with van der Waals surface area (Å²) in [5, 5.41) is 1.54. The number of carbonyl (C=O) groups is 1. The first-order valence-electron chi connectivity index (χ1n) is 8.15. The van der Waals surface area contributed by atoms with Crippen molar-refractivity contribution in [1.29, 1.82) is 0 Å². The third-order valence-corrected chi connectivity index (χ3v) is 6.48. The minimum Gasteiger partial charge on any atom is -0.465 e. The van der Waals surface area contributed by atoms with Crippen molar-refractivity contribution in [2.24, 2.45) is 0 Å². The number of aromatic nitrogens is 2. The molecule has 2 aromatic rings. The number of ether oxygens (including phenoxy) is 1. The van der Waals surface area contributed by atoms with E-state index < -0.39 is 16.0 Å². The summed E-state index contributed by atoms with van der Waals surface area (Å²) in [5.74, 6) is -0.0444. The van der Waals surface area contributed by atoms with Gasteiger partial charge in [-0.2, -0.15) is 0 Å². The lowest BCUT2D eigenvalue weighted by atomic mass is 10.3. The van der Waals surface area contributed by atoms with Crippen LogP contribution in [0.1, 0.15) is 33.9 Å². The molecule has 1 N–H and O–H groups in total. The lowest BCUT2D eigenvalue weighted by Crippen LogP contribution is -2.26. The van der Waals surface area contributed by atoms with Crippen LogP contribution in [0.15, 0.2) is 22.4 Å². The zero-order valence-electron chi connectivity index (χ0n) is 14.6. The number of rotatable bonds is 6. The summed E-state index contributed by atoms with van der Waals surface area (Å²) in [6.45, 7) is 3.69. The molecule has 1 aliphatic heterocycles. The van der Waals surface area contributed by atoms with Crippen LogP contribution in [0.4, 0.5) is 5.95 Å². The summed E-state index contributed by atoms with van der Waals surface area (Å²) < 4.78 is 32.3. The Morgan fingerprint density at radius 1 is 1.35 bits per heavy atom. The second-order valence-corrected chi connectivity index (χ2v) is 8.58. The zero-order chi connectivity index (χ0) is 18.7. The number of nitrogens with zero attached hydrogens (tertiary/aromatic N) is 3. The van der Waals surface area contributed by atoms with Crippen LogP contribution in [0.2, 0.25) is 0 Å². The van der Waals surface area contributed by atoms with Gasteiger partial charge in [0.1, 0.15) is 9.77 Å². The average Bonchev–Trinajstić information content (AvgIpc) is 3.30. The molecule has 3 heterocycles. The minimum atomic E-state index is -3.86. The molecule has 2 aromatic heterocycles. The maximum absolute atomic E-state index is 12.6. The van der Waals surface area contributed by atoms with Crippen LogP contribution in [-0.4, -0.2) is 44.6 Å². The topological polar surface area (TPSA) is 101 Å². The summed E-state index contributed by atoms with van der Waals surface area (Å²) in [6.07, 6.45) is 2.21. The molecule has 0 spiro atoms. The molecule has 0 bridgehead atoms. The normalized spacial score (nSPS) is 14.6. The molecule has 1 fully saturated rings. The van der Waals surface area contributed by atoms with Crippen molar-refractivity contribution in [3.8, 4) is 0 Å². The van der Waals surface area contributed by atoms with Crippen LogP contribution in [0.25, 0.3) is 0 Å². The van der Waals surface area contributed by atoms with Crippen molar-refractivity contribution in [2.45, 2.75) is 31.2 Å². The highest BCUT2D eigenvalue weighted by molar-refractivity contribution is 7.89. The van der Waals surface area contributed by atoms with Crippen molar-refractivity contribution >= 4 is 33.3 Å². The summed E-state index contributed by atoms with van der Waals surface area (Å²) in [6, 6.07) is 3.14. The Bertz CT molecular complexity index is 905. The van der Waals surface area contributed by atoms with Gasteiger partial charge in [0.15, 0.2) is 0 Å². The van der Waals surface area contributed by atoms with E-state index >= 15 is 0 Å². The first-order chi connectivity index (χ1) is 12.4. The number of hydrogen-bond donors (Lipinski definition) is 1. The third kappa shape index (κ3) is 4.02. The minimum absolute atomic E-state index is 0.0169. The SMILES string of the molecule is COC(=O)c1sccc1S(=O)(=O)NCc1cc(C)nc(N2CCCC2)n1. The summed E-state index contributed by atoms with van der Waals surface area (Å²) in [7, 11) is -2.64. The molecule has 1 aliphatic rings. The van der Waals surface area contributed by atoms with Gasteiger partial charge in [-0.3, -0.25) is 0 Å². The number of aryl methyl sites for hydroxylation is 1. The second-order valence-electron chi connectivity index (χ2n) is 5.92. The zero-order valence-corrected chi connectivity index (χ0v) is 16.2. The van der Waals surface area contributed by atoms with Gasteiger partial charge in [0, 0.05) is 18.8 Å². The molecule has 0 aliphatic carbocycles. The van der Waals surface area contributed by atoms with Gasteiger partial charge in [-0.25, -0.2) is 27.9 Å². The molecule has 0 aromatic carbocycles. The fourth-order valence-electron chi connectivity index (χ4n) is 2.76. The number of thiophene rings is 1. The van der Waals surface area contributed by atoms with E-state index in [-0.39, 0.29) is 16.3 Å². The second kappa shape index (κ2) is 7.68. The summed E-state index contributed by atoms with van der Waals surface area (Å²) in [5.41, 5.74) is 1.36. The quantitative estimate of drug-likeness (QED) is 0.742. The third-order valence-electron chi connectivity index (χ3n) is 4.02. The molecule has 26 heavy (non-hydrogen) atoms. The van der Waals surface area contributed by atoms with E-state index in [1.807, 2.05) is 6.92 Å². The first kappa shape index (κ1) is 18.7. The molecule has 0 atom stereocenters. The highest BCUT2D eigenvalue weighted by Crippen LogP contribution is 2.23. The van der Waals surface area contributed by atoms with E-state index in [1.54, 1.807) is 11.4 Å². The Morgan fingerprint density at radius 3 is 2.77 bits per heavy atom. The van der Waals surface area contributed by atoms with Gasteiger partial charge in [-0.15, -0.1) is 11.3 Å². The molecule has 0 radical (unpaired) electrons. The van der Waals surface area contributed by atoms with Crippen LogP contribution >= 0.6 is 11.3 Å². The number of nitrogens with one attached hydrogen (secondary N) is 1. The monoisotopic (exact) mass is 396 g/mol. The molecule has 0 saturated carbocycles. The number of esters is 1. The molecular weight excluding hydrogens is 376 g/mol. The fraction of sp³-hybridized carbons (Fsp3) is 0.438. The number of sulfonamides is 1. The van der Waals surface area contributed by atoms with Gasteiger partial charge in [0.2, 0.25) is 16.0 Å². The van der Waals surface area contributed by atoms with Crippen LogP contribution < -0.4 is 9.62 Å². The Kier molecular flexibility index (Phi) is 5.54. The predicted molar refractivity (Wildman–Crippen MR) is 97.9 cm³/mol. The standard InChI is InChI=1S/C16H20N4O4S2/c1-11-9-12(19-16(18-11)20-6-3-4-7-20)10-17-26(22,23)13-5-8-25-14(13)15(21)24-2/h5,8-9,17H,3-4,6-7,10H2,1-2H3. The van der Waals surface area contributed by atoms with Crippen LogP contribution in [0.3, 0.4) is 0 Å². The van der Waals surface area contributed by atoms with Crippen molar-refractivity contribution in [3.05, 3.63) is 33.8 Å². The molecule has 0 unspecified atom stereocenters. The van der Waals surface area contributed by atoms with Crippen molar-refractivity contribution in [3.63, 3.8) is 0 Å². The average molecular weight is 396 g/mol. The Morgan fingerprint density at radius 2 is 2.08 bits per heavy atom. The number of hydrogen-bond acceptors (Lipinski definition) is 8. The molecule has 0 amide bonds. The molecule has 140 valence electrons. The van der Waals surface area contributed by atoms with E-state index in [9.17, 15) is 13.2 Å². The largest absolute Gasteiger partial charge is 0.465 e. The van der Waals surface area contributed by atoms with Gasteiger partial charge >= 0.3 is 5.97 Å². The molecular formula is C16H20N4O4S2. The van der Waals surface area contributed by atoms with E-state index in [1.165, 1.54) is 13.2 Å². The van der Waals surface area contributed by atoms with Crippen molar-refractivity contribution < 1.29 is 17.9 Å². The van der Waals surface area contributed by atoms with E-state index in [0.29, 0.717) is 11.6 Å². The number of methoxy groups -OCH3 is 1. The smallest absolute Gasteiger partial charge is 0.349 e. The number of carbonyl (C=O) groups excluding carboxylic acids is 1. The van der Waals surface area contributed by atoms with Crippen molar-refractivity contribution in [1.82, 2.24) is 14.7 Å². The molecule has 3 rings (SSSR count). The van der Waals surface area contributed by atoms with Gasteiger partial charge in [0.25, 0.3) is 0 Å². The van der Waals surface area contributed by atoms with Crippen LogP contribution in [0.5, 0.6) is 0 Å². The van der Waals surface area contributed by atoms with E-state index in [2.05, 4.69) is 24.3 Å². The lowest BCUT2D eigenvalue weighted by Gasteiger charge is -2.16. The van der Waals surface area contributed by atoms with Crippen molar-refractivity contribution in [2.75, 3.05) is 25.1 Å². The lowest BCUT2D eigenvalue weighted by molar-refractivity contribution is 0.0602.